The highest BCUT2D eigenvalue weighted by Gasteiger charge is 2.41. The molecule has 3 aromatic rings. The first kappa shape index (κ1) is 20.7. The number of hydrogen-bond donors (Lipinski definition) is 2. The number of allylic oxidation sites excluding steroid dienone is 1. The lowest BCUT2D eigenvalue weighted by molar-refractivity contribution is -0.385. The van der Waals surface area contributed by atoms with Crippen LogP contribution >= 0.6 is 0 Å². The summed E-state index contributed by atoms with van der Waals surface area (Å²) in [4.78, 5) is 33.5. The van der Waals surface area contributed by atoms with Crippen LogP contribution in [0.3, 0.4) is 0 Å². The van der Waals surface area contributed by atoms with Gasteiger partial charge in [0.1, 0.15) is 5.75 Å². The van der Waals surface area contributed by atoms with E-state index in [-0.39, 0.29) is 28.2 Å². The van der Waals surface area contributed by atoms with Gasteiger partial charge >= 0.3 is 0 Å². The molecule has 0 saturated heterocycles. The average molecular weight is 433 g/mol. The summed E-state index contributed by atoms with van der Waals surface area (Å²) in [5, 5.41) is 36.2. The number of hydrogen-bond acceptors (Lipinski definition) is 8. The van der Waals surface area contributed by atoms with Crippen molar-refractivity contribution in [3.05, 3.63) is 116 Å². The summed E-state index contributed by atoms with van der Waals surface area (Å²) in [5.41, 5.74) is 0.469. The molecule has 0 amide bonds. The number of non-ortho nitro benzene ring substituents is 2. The molecule has 1 atom stereocenters. The van der Waals surface area contributed by atoms with Crippen LogP contribution in [0.1, 0.15) is 15.9 Å². The predicted octanol–water partition coefficient (Wildman–Crippen LogP) is 3.92. The number of ketones is 1. The standard InChI is InChI=1S/C22H15N3O7/c26-19(14-5-9-16(10-6-14)24(28)29)13-21-22(27,15-7-11-17(12-8-15)25(30)31)32-20-4-2-1-3-18(20)23-21/h1-13,23,27H/b21-13-. The predicted molar refractivity (Wildman–Crippen MR) is 113 cm³/mol. The molecule has 3 aromatic carbocycles. The van der Waals surface area contributed by atoms with Gasteiger partial charge in [0.25, 0.3) is 17.2 Å². The molecule has 1 aliphatic heterocycles. The molecular formula is C22H15N3O7. The molecule has 0 aromatic heterocycles. The molecule has 0 spiro atoms. The first-order valence-electron chi connectivity index (χ1n) is 9.31. The third kappa shape index (κ3) is 3.77. The molecule has 1 heterocycles. The van der Waals surface area contributed by atoms with Gasteiger partial charge in [0.2, 0.25) is 0 Å². The van der Waals surface area contributed by atoms with Crippen LogP contribution < -0.4 is 10.1 Å². The maximum Gasteiger partial charge on any atom is 0.277 e. The summed E-state index contributed by atoms with van der Waals surface area (Å²) in [6, 6.07) is 16.9. The van der Waals surface area contributed by atoms with Gasteiger partial charge in [0.05, 0.1) is 21.2 Å². The van der Waals surface area contributed by atoms with Crippen molar-refractivity contribution >= 4 is 22.8 Å². The number of nitro benzene ring substituents is 2. The van der Waals surface area contributed by atoms with Gasteiger partial charge in [0, 0.05) is 41.5 Å². The molecular weight excluding hydrogens is 418 g/mol. The van der Waals surface area contributed by atoms with Gasteiger partial charge in [-0.1, -0.05) is 12.1 Å². The lowest BCUT2D eigenvalue weighted by Crippen LogP contribution is -2.41. The molecule has 2 N–H and O–H groups in total. The molecule has 0 fully saturated rings. The van der Waals surface area contributed by atoms with Crippen molar-refractivity contribution in [1.82, 2.24) is 0 Å². The monoisotopic (exact) mass is 433 g/mol. The fourth-order valence-corrected chi connectivity index (χ4v) is 3.22. The zero-order valence-corrected chi connectivity index (χ0v) is 16.3. The normalized spacial score (nSPS) is 18.2. The second kappa shape index (κ2) is 7.93. The van der Waals surface area contributed by atoms with Crippen LogP contribution in [0.5, 0.6) is 5.75 Å². The highest BCUT2D eigenvalue weighted by atomic mass is 16.6. The Morgan fingerprint density at radius 2 is 1.47 bits per heavy atom. The molecule has 4 rings (SSSR count). The fourth-order valence-electron chi connectivity index (χ4n) is 3.22. The number of para-hydroxylation sites is 2. The zero-order chi connectivity index (χ0) is 22.9. The number of rotatable bonds is 5. The van der Waals surface area contributed by atoms with E-state index in [1.54, 1.807) is 24.3 Å². The lowest BCUT2D eigenvalue weighted by Gasteiger charge is -2.37. The molecule has 0 bridgehead atoms. The van der Waals surface area contributed by atoms with E-state index in [9.17, 15) is 30.1 Å². The Labute approximate surface area is 180 Å². The van der Waals surface area contributed by atoms with Crippen molar-refractivity contribution in [2.45, 2.75) is 5.79 Å². The van der Waals surface area contributed by atoms with Crippen molar-refractivity contribution < 1.29 is 24.5 Å². The minimum atomic E-state index is -2.14. The number of ether oxygens (including phenoxy) is 1. The highest BCUT2D eigenvalue weighted by molar-refractivity contribution is 6.05. The SMILES string of the molecule is O=C(/C=C1\Nc2ccccc2OC1(O)c1ccc([N+](=O)[O-])cc1)c1ccc([N+](=O)[O-])cc1. The van der Waals surface area contributed by atoms with E-state index >= 15 is 0 Å². The zero-order valence-electron chi connectivity index (χ0n) is 16.3. The number of carbonyl (C=O) groups excluding carboxylic acids is 1. The molecule has 1 aliphatic rings. The Bertz CT molecular complexity index is 1250. The van der Waals surface area contributed by atoms with Gasteiger partial charge in [0.15, 0.2) is 5.78 Å². The Hall–Kier alpha value is -4.57. The first-order chi connectivity index (χ1) is 15.3. The Kier molecular flexibility index (Phi) is 5.13. The molecule has 0 saturated carbocycles. The third-order valence-corrected chi connectivity index (χ3v) is 4.89. The van der Waals surface area contributed by atoms with Crippen LogP contribution in [-0.4, -0.2) is 20.7 Å². The van der Waals surface area contributed by atoms with E-state index < -0.39 is 21.4 Å². The molecule has 1 unspecified atom stereocenters. The van der Waals surface area contributed by atoms with Gasteiger partial charge in [-0.15, -0.1) is 0 Å². The van der Waals surface area contributed by atoms with E-state index in [0.29, 0.717) is 11.4 Å². The lowest BCUT2D eigenvalue weighted by atomic mass is 9.97. The van der Waals surface area contributed by atoms with Crippen LogP contribution in [0.4, 0.5) is 17.1 Å². The van der Waals surface area contributed by atoms with E-state index in [1.807, 2.05) is 0 Å². The number of nitrogens with zero attached hydrogens (tertiary/aromatic N) is 2. The summed E-state index contributed by atoms with van der Waals surface area (Å²) in [7, 11) is 0. The fraction of sp³-hybridized carbons (Fsp3) is 0.0455. The van der Waals surface area contributed by atoms with Gasteiger partial charge < -0.3 is 15.2 Å². The highest BCUT2D eigenvalue weighted by Crippen LogP contribution is 2.42. The van der Waals surface area contributed by atoms with Crippen LogP contribution in [0, 0.1) is 20.2 Å². The molecule has 32 heavy (non-hydrogen) atoms. The van der Waals surface area contributed by atoms with Gasteiger partial charge in [-0.05, 0) is 36.4 Å². The van der Waals surface area contributed by atoms with Crippen molar-refractivity contribution in [3.8, 4) is 5.75 Å². The number of aliphatic hydroxyl groups is 1. The maximum atomic E-state index is 12.8. The number of anilines is 1. The molecule has 10 heteroatoms. The second-order valence-electron chi connectivity index (χ2n) is 6.90. The van der Waals surface area contributed by atoms with Crippen molar-refractivity contribution in [2.75, 3.05) is 5.32 Å². The number of nitrogens with one attached hydrogen (secondary N) is 1. The van der Waals surface area contributed by atoms with Gasteiger partial charge in [-0.25, -0.2) is 0 Å². The van der Waals surface area contributed by atoms with Crippen molar-refractivity contribution in [2.24, 2.45) is 0 Å². The Balaban J connectivity index is 1.76. The maximum absolute atomic E-state index is 12.8. The summed E-state index contributed by atoms with van der Waals surface area (Å²) >= 11 is 0. The van der Waals surface area contributed by atoms with Crippen LogP contribution in [0.15, 0.2) is 84.6 Å². The number of benzene rings is 3. The quantitative estimate of drug-likeness (QED) is 0.267. The summed E-state index contributed by atoms with van der Waals surface area (Å²) in [6.45, 7) is 0. The molecule has 160 valence electrons. The van der Waals surface area contributed by atoms with E-state index in [1.165, 1.54) is 48.5 Å². The Morgan fingerprint density at radius 3 is 2.06 bits per heavy atom. The van der Waals surface area contributed by atoms with Gasteiger partial charge in [-0.2, -0.15) is 0 Å². The number of carbonyl (C=O) groups is 1. The molecule has 0 radical (unpaired) electrons. The van der Waals surface area contributed by atoms with E-state index in [0.717, 1.165) is 6.08 Å². The summed E-state index contributed by atoms with van der Waals surface area (Å²) in [5.74, 6) is -2.36. The van der Waals surface area contributed by atoms with Crippen molar-refractivity contribution in [1.29, 1.82) is 0 Å². The van der Waals surface area contributed by atoms with E-state index in [4.69, 9.17) is 4.74 Å². The third-order valence-electron chi connectivity index (χ3n) is 4.89. The largest absolute Gasteiger partial charge is 0.450 e. The van der Waals surface area contributed by atoms with E-state index in [2.05, 4.69) is 5.32 Å². The minimum absolute atomic E-state index is 0.0200. The minimum Gasteiger partial charge on any atom is -0.450 e. The second-order valence-corrected chi connectivity index (χ2v) is 6.90. The smallest absolute Gasteiger partial charge is 0.277 e. The van der Waals surface area contributed by atoms with Crippen LogP contribution in [-0.2, 0) is 5.79 Å². The van der Waals surface area contributed by atoms with Crippen molar-refractivity contribution in [3.63, 3.8) is 0 Å². The topological polar surface area (TPSA) is 145 Å². The summed E-state index contributed by atoms with van der Waals surface area (Å²) < 4.78 is 5.82. The number of nitro groups is 2. The molecule has 0 aliphatic carbocycles. The van der Waals surface area contributed by atoms with Crippen LogP contribution in [0.25, 0.3) is 0 Å². The average Bonchev–Trinajstić information content (AvgIpc) is 2.79. The van der Waals surface area contributed by atoms with Gasteiger partial charge in [-0.3, -0.25) is 25.0 Å². The Morgan fingerprint density at radius 1 is 0.906 bits per heavy atom. The molecule has 10 nitrogen and oxygen atoms in total. The first-order valence-corrected chi connectivity index (χ1v) is 9.31. The van der Waals surface area contributed by atoms with Crippen LogP contribution in [0.2, 0.25) is 0 Å². The summed E-state index contributed by atoms with van der Waals surface area (Å²) in [6.07, 6.45) is 1.12. The number of fused-ring (bicyclic) bond motifs is 1.